The first-order valence-electron chi connectivity index (χ1n) is 6.95. The molecule has 104 valence electrons. The molecule has 0 aromatic heterocycles. The van der Waals surface area contributed by atoms with Crippen LogP contribution in [-0.4, -0.2) is 19.2 Å². The monoisotopic (exact) mass is 283 g/mol. The van der Waals surface area contributed by atoms with Crippen LogP contribution >= 0.6 is 11.6 Å². The highest BCUT2D eigenvalue weighted by molar-refractivity contribution is 6.32. The van der Waals surface area contributed by atoms with E-state index in [0.717, 1.165) is 19.3 Å². The van der Waals surface area contributed by atoms with E-state index in [-0.39, 0.29) is 23.1 Å². The summed E-state index contributed by atoms with van der Waals surface area (Å²) in [4.78, 5) is 0. The highest BCUT2D eigenvalue weighted by atomic mass is 35.5. The highest BCUT2D eigenvalue weighted by Gasteiger charge is 2.57. The molecule has 0 bridgehead atoms. The molecular weight excluding hydrogens is 265 g/mol. The summed E-state index contributed by atoms with van der Waals surface area (Å²) < 4.78 is 19.7. The smallest absolute Gasteiger partial charge is 0.173 e. The quantitative estimate of drug-likeness (QED) is 0.911. The normalized spacial score (nSPS) is 28.4. The lowest BCUT2D eigenvalue weighted by Crippen LogP contribution is -2.63. The van der Waals surface area contributed by atoms with Crippen LogP contribution in [0.4, 0.5) is 4.39 Å². The highest BCUT2D eigenvalue weighted by Crippen LogP contribution is 2.55. The van der Waals surface area contributed by atoms with E-state index in [4.69, 9.17) is 16.3 Å². The summed E-state index contributed by atoms with van der Waals surface area (Å²) in [6.07, 6.45) is 5.82. The molecule has 0 aliphatic heterocycles. The van der Waals surface area contributed by atoms with Crippen molar-refractivity contribution in [1.29, 1.82) is 0 Å². The third-order valence-electron chi connectivity index (χ3n) is 4.85. The van der Waals surface area contributed by atoms with Crippen molar-refractivity contribution in [3.05, 3.63) is 29.0 Å². The van der Waals surface area contributed by atoms with E-state index in [1.54, 1.807) is 12.1 Å². The van der Waals surface area contributed by atoms with Gasteiger partial charge in [-0.05, 0) is 32.0 Å². The van der Waals surface area contributed by atoms with Crippen LogP contribution in [0.3, 0.4) is 0 Å². The summed E-state index contributed by atoms with van der Waals surface area (Å²) >= 11 is 6.04. The molecule has 1 N–H and O–H groups in total. The first-order chi connectivity index (χ1) is 9.17. The SMILES string of the molecule is CNC1CC(Oc2c(F)cccc2Cl)C12CCCC2. The summed E-state index contributed by atoms with van der Waals surface area (Å²) in [5.74, 6) is -0.149. The minimum atomic E-state index is -0.367. The molecule has 0 saturated heterocycles. The maximum Gasteiger partial charge on any atom is 0.173 e. The van der Waals surface area contributed by atoms with E-state index in [0.29, 0.717) is 11.1 Å². The first-order valence-corrected chi connectivity index (χ1v) is 7.33. The van der Waals surface area contributed by atoms with Gasteiger partial charge in [-0.1, -0.05) is 30.5 Å². The van der Waals surface area contributed by atoms with Gasteiger partial charge in [0.15, 0.2) is 11.6 Å². The Morgan fingerprint density at radius 3 is 2.74 bits per heavy atom. The number of rotatable bonds is 3. The number of hydrogen-bond donors (Lipinski definition) is 1. The molecule has 1 aromatic carbocycles. The van der Waals surface area contributed by atoms with Gasteiger partial charge >= 0.3 is 0 Å². The van der Waals surface area contributed by atoms with Crippen LogP contribution in [-0.2, 0) is 0 Å². The molecule has 2 aliphatic rings. The molecule has 0 amide bonds. The Morgan fingerprint density at radius 2 is 2.11 bits per heavy atom. The largest absolute Gasteiger partial charge is 0.485 e. The summed E-state index contributed by atoms with van der Waals surface area (Å²) in [7, 11) is 2.00. The van der Waals surface area contributed by atoms with Crippen molar-refractivity contribution in [2.24, 2.45) is 5.41 Å². The fourth-order valence-corrected chi connectivity index (χ4v) is 3.97. The van der Waals surface area contributed by atoms with Gasteiger partial charge in [-0.3, -0.25) is 0 Å². The molecule has 2 aliphatic carbocycles. The molecule has 2 nitrogen and oxygen atoms in total. The van der Waals surface area contributed by atoms with Gasteiger partial charge in [-0.15, -0.1) is 0 Å². The van der Waals surface area contributed by atoms with Crippen LogP contribution in [0.25, 0.3) is 0 Å². The minimum Gasteiger partial charge on any atom is -0.485 e. The van der Waals surface area contributed by atoms with Crippen LogP contribution in [0.2, 0.25) is 5.02 Å². The molecular formula is C15H19ClFNO. The third-order valence-corrected chi connectivity index (χ3v) is 5.14. The second-order valence-corrected chi connectivity index (χ2v) is 6.08. The summed E-state index contributed by atoms with van der Waals surface area (Å²) in [5.41, 5.74) is 0.181. The fourth-order valence-electron chi connectivity index (χ4n) is 3.76. The molecule has 19 heavy (non-hydrogen) atoms. The van der Waals surface area contributed by atoms with Gasteiger partial charge < -0.3 is 10.1 Å². The Balaban J connectivity index is 1.81. The third kappa shape index (κ3) is 2.03. The van der Waals surface area contributed by atoms with Gasteiger partial charge in [0.25, 0.3) is 0 Å². The number of nitrogens with one attached hydrogen (secondary N) is 1. The standard InChI is InChI=1S/C15H19ClFNO/c1-18-12-9-13(15(12)7-2-3-8-15)19-14-10(16)5-4-6-11(14)17/h4-6,12-13,18H,2-3,7-9H2,1H3. The second kappa shape index (κ2) is 4.95. The van der Waals surface area contributed by atoms with E-state index in [9.17, 15) is 4.39 Å². The number of hydrogen-bond acceptors (Lipinski definition) is 2. The van der Waals surface area contributed by atoms with Crippen molar-refractivity contribution in [2.45, 2.75) is 44.2 Å². The van der Waals surface area contributed by atoms with E-state index in [2.05, 4.69) is 5.32 Å². The van der Waals surface area contributed by atoms with E-state index >= 15 is 0 Å². The lowest BCUT2D eigenvalue weighted by atomic mass is 9.60. The maximum absolute atomic E-state index is 13.8. The van der Waals surface area contributed by atoms with Gasteiger partial charge in [0.1, 0.15) is 6.10 Å². The fraction of sp³-hybridized carbons (Fsp3) is 0.600. The van der Waals surface area contributed by atoms with E-state index in [1.165, 1.54) is 18.9 Å². The summed E-state index contributed by atoms with van der Waals surface area (Å²) in [6, 6.07) is 5.17. The molecule has 2 fully saturated rings. The van der Waals surface area contributed by atoms with Crippen LogP contribution < -0.4 is 10.1 Å². The molecule has 2 atom stereocenters. The zero-order valence-electron chi connectivity index (χ0n) is 11.1. The molecule has 2 saturated carbocycles. The number of benzene rings is 1. The lowest BCUT2D eigenvalue weighted by Gasteiger charge is -2.53. The van der Waals surface area contributed by atoms with Crippen molar-refractivity contribution in [1.82, 2.24) is 5.32 Å². The second-order valence-electron chi connectivity index (χ2n) is 5.67. The predicted octanol–water partition coefficient (Wildman–Crippen LogP) is 3.78. The average molecular weight is 284 g/mol. The zero-order valence-corrected chi connectivity index (χ0v) is 11.8. The van der Waals surface area contributed by atoms with Crippen molar-refractivity contribution < 1.29 is 9.13 Å². The molecule has 0 heterocycles. The maximum atomic E-state index is 13.8. The Morgan fingerprint density at radius 1 is 1.37 bits per heavy atom. The van der Waals surface area contributed by atoms with Gasteiger partial charge in [0.05, 0.1) is 5.02 Å². The first kappa shape index (κ1) is 13.2. The molecule has 2 unspecified atom stereocenters. The minimum absolute atomic E-state index is 0.0850. The Hall–Kier alpha value is -0.800. The van der Waals surface area contributed by atoms with Crippen molar-refractivity contribution in [3.63, 3.8) is 0 Å². The van der Waals surface area contributed by atoms with Crippen molar-refractivity contribution in [3.8, 4) is 5.75 Å². The van der Waals surface area contributed by atoms with Crippen LogP contribution in [0.1, 0.15) is 32.1 Å². The molecule has 4 heteroatoms. The Bertz CT molecular complexity index is 453. The Kier molecular flexibility index (Phi) is 3.44. The average Bonchev–Trinajstić information content (AvgIpc) is 2.89. The molecule has 1 aromatic rings. The van der Waals surface area contributed by atoms with Crippen molar-refractivity contribution in [2.75, 3.05) is 7.05 Å². The number of para-hydroxylation sites is 1. The predicted molar refractivity (Wildman–Crippen MR) is 74.2 cm³/mol. The molecule has 3 rings (SSSR count). The van der Waals surface area contributed by atoms with Gasteiger partial charge in [-0.2, -0.15) is 0 Å². The van der Waals surface area contributed by atoms with Gasteiger partial charge in [-0.25, -0.2) is 4.39 Å². The lowest BCUT2D eigenvalue weighted by molar-refractivity contribution is -0.0750. The Labute approximate surface area is 118 Å². The van der Waals surface area contributed by atoms with E-state index in [1.807, 2.05) is 7.05 Å². The van der Waals surface area contributed by atoms with Gasteiger partial charge in [0.2, 0.25) is 0 Å². The summed E-state index contributed by atoms with van der Waals surface area (Å²) in [6.45, 7) is 0. The number of halogens is 2. The van der Waals surface area contributed by atoms with Gasteiger partial charge in [0, 0.05) is 17.9 Å². The van der Waals surface area contributed by atoms with Crippen molar-refractivity contribution >= 4 is 11.6 Å². The number of ether oxygens (including phenoxy) is 1. The molecule has 0 radical (unpaired) electrons. The van der Waals surface area contributed by atoms with Crippen LogP contribution in [0.15, 0.2) is 18.2 Å². The van der Waals surface area contributed by atoms with E-state index < -0.39 is 0 Å². The zero-order chi connectivity index (χ0) is 13.5. The molecule has 1 spiro atoms. The van der Waals surface area contributed by atoms with Crippen LogP contribution in [0.5, 0.6) is 5.75 Å². The summed E-state index contributed by atoms with van der Waals surface area (Å²) in [5, 5.41) is 3.73. The van der Waals surface area contributed by atoms with Crippen LogP contribution in [0, 0.1) is 11.2 Å². The topological polar surface area (TPSA) is 21.3 Å².